The molecule has 4 nitrogen and oxygen atoms in total. The van der Waals surface area contributed by atoms with Gasteiger partial charge in [0.05, 0.1) is 11.3 Å². The normalized spacial score (nSPS) is 14.7. The Balaban J connectivity index is 1.58. The molecule has 2 aromatic carbocycles. The number of likely N-dealkylation sites (tertiary alicyclic amines) is 1. The summed E-state index contributed by atoms with van der Waals surface area (Å²) in [6.07, 6.45) is 4.66. The fourth-order valence-corrected chi connectivity index (χ4v) is 3.27. The maximum atomic E-state index is 6.08. The van der Waals surface area contributed by atoms with Crippen molar-refractivity contribution in [3.8, 4) is 22.7 Å². The van der Waals surface area contributed by atoms with Gasteiger partial charge < -0.3 is 4.74 Å². The van der Waals surface area contributed by atoms with Gasteiger partial charge in [-0.3, -0.25) is 4.90 Å². The van der Waals surface area contributed by atoms with Crippen molar-refractivity contribution in [1.29, 1.82) is 0 Å². The Morgan fingerprint density at radius 1 is 0.880 bits per heavy atom. The molecule has 1 aromatic heterocycles. The van der Waals surface area contributed by atoms with Crippen LogP contribution in [0.4, 0.5) is 0 Å². The molecule has 1 saturated heterocycles. The lowest BCUT2D eigenvalue weighted by Crippen LogP contribution is -2.25. The third-order valence-corrected chi connectivity index (χ3v) is 4.63. The first-order chi connectivity index (χ1) is 12.4. The summed E-state index contributed by atoms with van der Waals surface area (Å²) in [6, 6.07) is 20.5. The summed E-state index contributed by atoms with van der Waals surface area (Å²) < 4.78 is 7.98. The van der Waals surface area contributed by atoms with Gasteiger partial charge in [-0.15, -0.1) is 5.10 Å². The lowest BCUT2D eigenvalue weighted by molar-refractivity contribution is 0.232. The Labute approximate surface area is 148 Å². The molecule has 0 saturated carbocycles. The topological polar surface area (TPSA) is 30.3 Å². The Bertz CT molecular complexity index is 793. The molecular weight excluding hydrogens is 310 g/mol. The second-order valence-corrected chi connectivity index (χ2v) is 6.39. The van der Waals surface area contributed by atoms with Crippen LogP contribution in [0.1, 0.15) is 12.8 Å². The first-order valence-corrected chi connectivity index (χ1v) is 8.96. The SMILES string of the molecule is c1ccc(-c2cn(-c3ccccc3)nc2OCCN2CCCC2)cc1. The molecule has 2 heterocycles. The zero-order valence-electron chi connectivity index (χ0n) is 14.3. The van der Waals surface area contributed by atoms with Gasteiger partial charge in [0.1, 0.15) is 6.61 Å². The van der Waals surface area contributed by atoms with E-state index in [4.69, 9.17) is 9.84 Å². The van der Waals surface area contributed by atoms with Gasteiger partial charge >= 0.3 is 0 Å². The molecule has 0 spiro atoms. The maximum absolute atomic E-state index is 6.08. The number of benzene rings is 2. The number of hydrogen-bond donors (Lipinski definition) is 0. The van der Waals surface area contributed by atoms with Crippen molar-refractivity contribution in [2.24, 2.45) is 0 Å². The van der Waals surface area contributed by atoms with Gasteiger partial charge in [0, 0.05) is 12.7 Å². The molecule has 25 heavy (non-hydrogen) atoms. The summed E-state index contributed by atoms with van der Waals surface area (Å²) in [6.45, 7) is 4.01. The van der Waals surface area contributed by atoms with E-state index < -0.39 is 0 Å². The van der Waals surface area contributed by atoms with E-state index in [9.17, 15) is 0 Å². The highest BCUT2D eigenvalue weighted by Crippen LogP contribution is 2.30. The molecule has 4 rings (SSSR count). The number of para-hydroxylation sites is 1. The monoisotopic (exact) mass is 333 g/mol. The zero-order chi connectivity index (χ0) is 16.9. The van der Waals surface area contributed by atoms with E-state index in [2.05, 4.69) is 35.4 Å². The molecule has 0 amide bonds. The molecule has 0 bridgehead atoms. The standard InChI is InChI=1S/C21H23N3O/c1-3-9-18(10-4-1)20-17-24(19-11-5-2-6-12-19)22-21(20)25-16-15-23-13-7-8-14-23/h1-6,9-12,17H,7-8,13-16H2. The van der Waals surface area contributed by atoms with Crippen molar-refractivity contribution in [1.82, 2.24) is 14.7 Å². The summed E-state index contributed by atoms with van der Waals surface area (Å²) >= 11 is 0. The largest absolute Gasteiger partial charge is 0.475 e. The van der Waals surface area contributed by atoms with Crippen molar-refractivity contribution in [3.05, 3.63) is 66.9 Å². The van der Waals surface area contributed by atoms with Crippen molar-refractivity contribution in [3.63, 3.8) is 0 Å². The Hall–Kier alpha value is -2.59. The van der Waals surface area contributed by atoms with Gasteiger partial charge in [-0.2, -0.15) is 0 Å². The highest BCUT2D eigenvalue weighted by molar-refractivity contribution is 5.68. The minimum absolute atomic E-state index is 0.672. The first kappa shape index (κ1) is 15.9. The highest BCUT2D eigenvalue weighted by atomic mass is 16.5. The summed E-state index contributed by atoms with van der Waals surface area (Å²) in [5.74, 6) is 0.703. The third-order valence-electron chi connectivity index (χ3n) is 4.63. The highest BCUT2D eigenvalue weighted by Gasteiger charge is 2.15. The van der Waals surface area contributed by atoms with Gasteiger partial charge in [0.15, 0.2) is 0 Å². The van der Waals surface area contributed by atoms with Crippen molar-refractivity contribution in [2.75, 3.05) is 26.2 Å². The lowest BCUT2D eigenvalue weighted by atomic mass is 10.1. The van der Waals surface area contributed by atoms with Gasteiger partial charge in [-0.05, 0) is 43.6 Å². The van der Waals surface area contributed by atoms with Gasteiger partial charge in [0.25, 0.3) is 0 Å². The Kier molecular flexibility index (Phi) is 4.79. The minimum Gasteiger partial charge on any atom is -0.475 e. The van der Waals surface area contributed by atoms with Crippen LogP contribution in [0.5, 0.6) is 5.88 Å². The van der Waals surface area contributed by atoms with Crippen molar-refractivity contribution < 1.29 is 4.74 Å². The Morgan fingerprint density at radius 2 is 1.56 bits per heavy atom. The molecule has 1 fully saturated rings. The number of aromatic nitrogens is 2. The van der Waals surface area contributed by atoms with Gasteiger partial charge in [-0.25, -0.2) is 4.68 Å². The van der Waals surface area contributed by atoms with Crippen LogP contribution >= 0.6 is 0 Å². The Morgan fingerprint density at radius 3 is 2.28 bits per heavy atom. The van der Waals surface area contributed by atoms with Crippen molar-refractivity contribution >= 4 is 0 Å². The van der Waals surface area contributed by atoms with Crippen LogP contribution < -0.4 is 4.74 Å². The predicted octanol–water partition coefficient (Wildman–Crippen LogP) is 4.01. The summed E-state index contributed by atoms with van der Waals surface area (Å²) in [5, 5.41) is 4.70. The average Bonchev–Trinajstić information content (AvgIpc) is 3.33. The molecular formula is C21H23N3O. The van der Waals surface area contributed by atoms with E-state index in [1.807, 2.05) is 41.1 Å². The summed E-state index contributed by atoms with van der Waals surface area (Å²) in [7, 11) is 0. The molecule has 1 aliphatic rings. The van der Waals surface area contributed by atoms with E-state index in [1.54, 1.807) is 0 Å². The van der Waals surface area contributed by atoms with Crippen LogP contribution in [0, 0.1) is 0 Å². The molecule has 0 N–H and O–H groups in total. The smallest absolute Gasteiger partial charge is 0.241 e. The summed E-state index contributed by atoms with van der Waals surface area (Å²) in [4.78, 5) is 2.45. The van der Waals surface area contributed by atoms with Crippen LogP contribution in [0.15, 0.2) is 66.9 Å². The first-order valence-electron chi connectivity index (χ1n) is 8.96. The lowest BCUT2D eigenvalue weighted by Gasteiger charge is -2.14. The molecule has 0 atom stereocenters. The van der Waals surface area contributed by atoms with Crippen LogP contribution in [0.3, 0.4) is 0 Å². The fraction of sp³-hybridized carbons (Fsp3) is 0.286. The van der Waals surface area contributed by atoms with E-state index in [0.29, 0.717) is 12.5 Å². The second-order valence-electron chi connectivity index (χ2n) is 6.39. The third kappa shape index (κ3) is 3.74. The molecule has 128 valence electrons. The van der Waals surface area contributed by atoms with Crippen LogP contribution in [0.25, 0.3) is 16.8 Å². The van der Waals surface area contributed by atoms with Gasteiger partial charge in [0.2, 0.25) is 5.88 Å². The zero-order valence-corrected chi connectivity index (χ0v) is 14.3. The molecule has 0 radical (unpaired) electrons. The summed E-state index contributed by atoms with van der Waals surface area (Å²) in [5.41, 5.74) is 3.20. The van der Waals surface area contributed by atoms with Crippen LogP contribution in [-0.2, 0) is 0 Å². The molecule has 0 unspecified atom stereocenters. The predicted molar refractivity (Wildman–Crippen MR) is 100 cm³/mol. The average molecular weight is 333 g/mol. The molecule has 1 aliphatic heterocycles. The second kappa shape index (κ2) is 7.53. The number of nitrogens with zero attached hydrogens (tertiary/aromatic N) is 3. The number of ether oxygens (including phenoxy) is 1. The van der Waals surface area contributed by atoms with Gasteiger partial charge in [-0.1, -0.05) is 48.5 Å². The van der Waals surface area contributed by atoms with Crippen LogP contribution in [-0.4, -0.2) is 40.9 Å². The van der Waals surface area contributed by atoms with E-state index in [1.165, 1.54) is 25.9 Å². The van der Waals surface area contributed by atoms with E-state index >= 15 is 0 Å². The molecule has 4 heteroatoms. The number of rotatable bonds is 6. The number of hydrogen-bond acceptors (Lipinski definition) is 3. The van der Waals surface area contributed by atoms with E-state index in [0.717, 1.165) is 23.4 Å². The maximum Gasteiger partial charge on any atom is 0.241 e. The molecule has 3 aromatic rings. The van der Waals surface area contributed by atoms with E-state index in [-0.39, 0.29) is 0 Å². The molecule has 0 aliphatic carbocycles. The van der Waals surface area contributed by atoms with Crippen LogP contribution in [0.2, 0.25) is 0 Å². The quantitative estimate of drug-likeness (QED) is 0.683. The fourth-order valence-electron chi connectivity index (χ4n) is 3.27. The minimum atomic E-state index is 0.672. The van der Waals surface area contributed by atoms with Crippen molar-refractivity contribution in [2.45, 2.75) is 12.8 Å².